The summed E-state index contributed by atoms with van der Waals surface area (Å²) in [4.78, 5) is 31.6. The largest absolute Gasteiger partial charge is 0.494 e. The first-order valence-corrected chi connectivity index (χ1v) is 11.5. The summed E-state index contributed by atoms with van der Waals surface area (Å²) in [5, 5.41) is 0. The molecule has 0 aliphatic carbocycles. The van der Waals surface area contributed by atoms with Crippen molar-refractivity contribution in [1.82, 2.24) is 9.88 Å². The number of aromatic nitrogens is 1. The Hall–Kier alpha value is -3.56. The molecule has 2 aliphatic heterocycles. The van der Waals surface area contributed by atoms with Gasteiger partial charge in [-0.05, 0) is 57.4 Å². The average molecular weight is 505 g/mol. The van der Waals surface area contributed by atoms with Crippen LogP contribution in [0.1, 0.15) is 56.6 Å². The smallest absolute Gasteiger partial charge is 0.433 e. The zero-order valence-corrected chi connectivity index (χ0v) is 20.4. The van der Waals surface area contributed by atoms with Crippen LogP contribution in [0.4, 0.5) is 18.0 Å². The summed E-state index contributed by atoms with van der Waals surface area (Å²) >= 11 is 0. The standard InChI is InChI=1S/C26H27F3N2O5/c1-24(2,3)36-23(33)31-14-8-13-25(21(31)16-9-6-5-7-10-16)15-17(22(32)35-25)20-18(34-4)11-12-19(30-20)26(27,28)29/h5-7,9-12,15,21H,8,13-14H2,1-4H3/t21-,25?/m0/s1. The van der Waals surface area contributed by atoms with Gasteiger partial charge in [-0.1, -0.05) is 30.3 Å². The van der Waals surface area contributed by atoms with Crippen LogP contribution in [0.5, 0.6) is 5.75 Å². The number of hydrogen-bond donors (Lipinski definition) is 0. The fraction of sp³-hybridized carbons (Fsp3) is 0.423. The number of hydrogen-bond acceptors (Lipinski definition) is 6. The molecule has 1 spiro atoms. The monoisotopic (exact) mass is 504 g/mol. The number of ether oxygens (including phenoxy) is 3. The van der Waals surface area contributed by atoms with Gasteiger partial charge in [0.15, 0.2) is 5.60 Å². The topological polar surface area (TPSA) is 78.0 Å². The van der Waals surface area contributed by atoms with E-state index in [1.807, 2.05) is 6.07 Å². The van der Waals surface area contributed by atoms with Crippen LogP contribution in [0.3, 0.4) is 0 Å². The Kier molecular flexibility index (Phi) is 6.49. The molecular weight excluding hydrogens is 477 g/mol. The normalized spacial score (nSPS) is 22.3. The van der Waals surface area contributed by atoms with Crippen molar-refractivity contribution in [3.05, 3.63) is 65.5 Å². The van der Waals surface area contributed by atoms with E-state index < -0.39 is 41.2 Å². The van der Waals surface area contributed by atoms with E-state index in [0.29, 0.717) is 24.9 Å². The molecule has 192 valence electrons. The van der Waals surface area contributed by atoms with E-state index >= 15 is 0 Å². The SMILES string of the molecule is COc1ccc(C(F)(F)F)nc1C1=CC2(CCCN(C(=O)OC(C)(C)C)[C@H]2c2ccccc2)OC1=O. The molecule has 1 unspecified atom stereocenters. The lowest BCUT2D eigenvalue weighted by molar-refractivity contribution is -0.154. The average Bonchev–Trinajstić information content (AvgIpc) is 3.13. The highest BCUT2D eigenvalue weighted by Crippen LogP contribution is 2.49. The summed E-state index contributed by atoms with van der Waals surface area (Å²) in [6.45, 7) is 5.60. The van der Waals surface area contributed by atoms with Crippen molar-refractivity contribution >= 4 is 17.6 Å². The van der Waals surface area contributed by atoms with Crippen molar-refractivity contribution in [1.29, 1.82) is 0 Å². The van der Waals surface area contributed by atoms with Crippen LogP contribution >= 0.6 is 0 Å². The molecule has 2 aromatic rings. The number of methoxy groups -OCH3 is 1. The van der Waals surface area contributed by atoms with Crippen molar-refractivity contribution in [2.45, 2.75) is 57.0 Å². The molecule has 0 N–H and O–H groups in total. The number of halogens is 3. The van der Waals surface area contributed by atoms with Crippen molar-refractivity contribution in [2.75, 3.05) is 13.7 Å². The second-order valence-electron chi connectivity index (χ2n) is 9.74. The molecule has 10 heteroatoms. The van der Waals surface area contributed by atoms with E-state index in [4.69, 9.17) is 14.2 Å². The Bertz CT molecular complexity index is 1190. The number of carbonyl (C=O) groups is 2. The van der Waals surface area contributed by atoms with Gasteiger partial charge in [-0.25, -0.2) is 14.6 Å². The third-order valence-electron chi connectivity index (χ3n) is 6.00. The van der Waals surface area contributed by atoms with Crippen LogP contribution in [0, 0.1) is 0 Å². The molecule has 36 heavy (non-hydrogen) atoms. The number of carbonyl (C=O) groups excluding carboxylic acids is 2. The number of likely N-dealkylation sites (tertiary alicyclic amines) is 1. The van der Waals surface area contributed by atoms with Crippen molar-refractivity contribution < 1.29 is 37.0 Å². The fourth-order valence-electron chi connectivity index (χ4n) is 4.62. The maximum Gasteiger partial charge on any atom is 0.433 e. The molecule has 2 aliphatic rings. The number of pyridine rings is 1. The highest BCUT2D eigenvalue weighted by molar-refractivity contribution is 6.19. The van der Waals surface area contributed by atoms with Crippen LogP contribution in [0.25, 0.3) is 5.57 Å². The summed E-state index contributed by atoms with van der Waals surface area (Å²) in [5.74, 6) is -0.841. The van der Waals surface area contributed by atoms with Gasteiger partial charge in [-0.2, -0.15) is 13.2 Å². The highest BCUT2D eigenvalue weighted by atomic mass is 19.4. The maximum atomic E-state index is 13.4. The minimum absolute atomic E-state index is 0.000631. The van der Waals surface area contributed by atoms with Gasteiger partial charge < -0.3 is 14.2 Å². The molecule has 4 rings (SSSR count). The Morgan fingerprint density at radius 3 is 2.44 bits per heavy atom. The summed E-state index contributed by atoms with van der Waals surface area (Å²) in [6.07, 6.45) is -2.99. The first-order chi connectivity index (χ1) is 16.8. The van der Waals surface area contributed by atoms with E-state index in [0.717, 1.165) is 12.1 Å². The molecule has 1 aromatic heterocycles. The predicted octanol–water partition coefficient (Wildman–Crippen LogP) is 5.56. The van der Waals surface area contributed by atoms with Crippen LogP contribution in [0.2, 0.25) is 0 Å². The number of esters is 1. The Labute approximate surface area is 206 Å². The number of nitrogens with zero attached hydrogens (tertiary/aromatic N) is 2. The molecule has 0 saturated carbocycles. The molecular formula is C26H27F3N2O5. The minimum Gasteiger partial charge on any atom is -0.494 e. The zero-order valence-electron chi connectivity index (χ0n) is 20.4. The number of rotatable bonds is 3. The summed E-state index contributed by atoms with van der Waals surface area (Å²) in [6, 6.07) is 10.2. The van der Waals surface area contributed by atoms with Crippen LogP contribution in [-0.2, 0) is 20.4 Å². The molecule has 2 atom stereocenters. The summed E-state index contributed by atoms with van der Waals surface area (Å²) < 4.78 is 56.9. The third-order valence-corrected chi connectivity index (χ3v) is 6.00. The number of piperidine rings is 1. The Balaban J connectivity index is 1.85. The van der Waals surface area contributed by atoms with E-state index in [9.17, 15) is 22.8 Å². The van der Waals surface area contributed by atoms with Gasteiger partial charge in [0.25, 0.3) is 0 Å². The van der Waals surface area contributed by atoms with Gasteiger partial charge in [0, 0.05) is 6.54 Å². The number of benzene rings is 1. The van der Waals surface area contributed by atoms with Gasteiger partial charge in [-0.15, -0.1) is 0 Å². The van der Waals surface area contributed by atoms with Crippen LogP contribution in [0.15, 0.2) is 48.5 Å². The zero-order chi connectivity index (χ0) is 26.3. The molecule has 3 heterocycles. The molecule has 1 aromatic carbocycles. The lowest BCUT2D eigenvalue weighted by atomic mass is 9.80. The van der Waals surface area contributed by atoms with Crippen LogP contribution in [-0.4, -0.2) is 46.8 Å². The van der Waals surface area contributed by atoms with Crippen molar-refractivity contribution in [3.8, 4) is 5.75 Å². The fourth-order valence-corrected chi connectivity index (χ4v) is 4.62. The number of amides is 1. The van der Waals surface area contributed by atoms with Crippen molar-refractivity contribution in [3.63, 3.8) is 0 Å². The molecule has 0 bridgehead atoms. The molecule has 0 radical (unpaired) electrons. The maximum absolute atomic E-state index is 13.4. The third kappa shape index (κ3) is 4.89. The highest BCUT2D eigenvalue weighted by Gasteiger charge is 2.54. The second-order valence-corrected chi connectivity index (χ2v) is 9.74. The van der Waals surface area contributed by atoms with Gasteiger partial charge in [0.1, 0.15) is 28.8 Å². The Morgan fingerprint density at radius 2 is 1.83 bits per heavy atom. The van der Waals surface area contributed by atoms with Gasteiger partial charge >= 0.3 is 18.2 Å². The number of alkyl halides is 3. The van der Waals surface area contributed by atoms with E-state index in [-0.39, 0.29) is 17.0 Å². The second kappa shape index (κ2) is 9.15. The van der Waals surface area contributed by atoms with E-state index in [1.165, 1.54) is 18.1 Å². The molecule has 1 saturated heterocycles. The lowest BCUT2D eigenvalue weighted by Gasteiger charge is -2.46. The predicted molar refractivity (Wildman–Crippen MR) is 124 cm³/mol. The molecule has 7 nitrogen and oxygen atoms in total. The van der Waals surface area contributed by atoms with Crippen LogP contribution < -0.4 is 4.74 Å². The first-order valence-electron chi connectivity index (χ1n) is 11.5. The molecule has 1 fully saturated rings. The van der Waals surface area contributed by atoms with Gasteiger partial charge in [-0.3, -0.25) is 4.90 Å². The summed E-state index contributed by atoms with van der Waals surface area (Å²) in [7, 11) is 1.28. The van der Waals surface area contributed by atoms with Gasteiger partial charge in [0.2, 0.25) is 0 Å². The van der Waals surface area contributed by atoms with E-state index in [2.05, 4.69) is 4.98 Å². The first kappa shape index (κ1) is 25.5. The summed E-state index contributed by atoms with van der Waals surface area (Å²) in [5.41, 5.74) is -2.97. The minimum atomic E-state index is -4.72. The lowest BCUT2D eigenvalue weighted by Crippen LogP contribution is -2.53. The van der Waals surface area contributed by atoms with Crippen molar-refractivity contribution in [2.24, 2.45) is 0 Å². The van der Waals surface area contributed by atoms with E-state index in [1.54, 1.807) is 45.0 Å². The Morgan fingerprint density at radius 1 is 1.14 bits per heavy atom. The molecule has 1 amide bonds. The quantitative estimate of drug-likeness (QED) is 0.510. The van der Waals surface area contributed by atoms with Gasteiger partial charge in [0.05, 0.1) is 12.7 Å².